The summed E-state index contributed by atoms with van der Waals surface area (Å²) in [6.07, 6.45) is 5.08. The summed E-state index contributed by atoms with van der Waals surface area (Å²) in [5, 5.41) is 0. The highest BCUT2D eigenvalue weighted by Crippen LogP contribution is 2.29. The van der Waals surface area contributed by atoms with E-state index < -0.39 is 10.2 Å². The minimum Gasteiger partial charge on any atom is -0.339 e. The van der Waals surface area contributed by atoms with Gasteiger partial charge in [-0.05, 0) is 18.8 Å². The molecule has 2 aliphatic rings. The largest absolute Gasteiger partial charge is 0.339 e. The Hall–Kier alpha value is -0.660. The smallest absolute Gasteiger partial charge is 0.281 e. The number of rotatable bonds is 5. The van der Waals surface area contributed by atoms with Crippen molar-refractivity contribution in [3.8, 4) is 0 Å². The average molecular weight is 303 g/mol. The van der Waals surface area contributed by atoms with Gasteiger partial charge in [-0.15, -0.1) is 0 Å². The van der Waals surface area contributed by atoms with E-state index in [-0.39, 0.29) is 11.8 Å². The molecule has 20 heavy (non-hydrogen) atoms. The highest BCUT2D eigenvalue weighted by molar-refractivity contribution is 7.86. The van der Waals surface area contributed by atoms with E-state index >= 15 is 0 Å². The van der Waals surface area contributed by atoms with Gasteiger partial charge < -0.3 is 4.90 Å². The van der Waals surface area contributed by atoms with Crippen LogP contribution in [0.25, 0.3) is 0 Å². The van der Waals surface area contributed by atoms with E-state index in [9.17, 15) is 13.2 Å². The number of hydrogen-bond acceptors (Lipinski definition) is 3. The van der Waals surface area contributed by atoms with Crippen molar-refractivity contribution in [2.75, 3.05) is 34.2 Å². The van der Waals surface area contributed by atoms with Gasteiger partial charge in [0.15, 0.2) is 0 Å². The van der Waals surface area contributed by atoms with Gasteiger partial charge in [-0.3, -0.25) is 4.79 Å². The molecule has 1 amide bonds. The van der Waals surface area contributed by atoms with Crippen LogP contribution in [0.4, 0.5) is 0 Å². The Balaban J connectivity index is 1.94. The molecule has 1 aliphatic carbocycles. The first kappa shape index (κ1) is 15.7. The Bertz CT molecular complexity index is 457. The van der Waals surface area contributed by atoms with E-state index in [4.69, 9.17) is 0 Å². The summed E-state index contributed by atoms with van der Waals surface area (Å²) in [5.41, 5.74) is 0. The lowest BCUT2D eigenvalue weighted by Crippen LogP contribution is -2.41. The lowest BCUT2D eigenvalue weighted by Gasteiger charge is -2.26. The molecule has 0 aromatic carbocycles. The molecule has 2 rings (SSSR count). The fraction of sp³-hybridized carbons (Fsp3) is 0.923. The summed E-state index contributed by atoms with van der Waals surface area (Å²) >= 11 is 0. The predicted octanol–water partition coefficient (Wildman–Crippen LogP) is 0.516. The lowest BCUT2D eigenvalue weighted by atomic mass is 10.1. The van der Waals surface area contributed by atoms with Gasteiger partial charge in [-0.25, -0.2) is 0 Å². The second-order valence-corrected chi connectivity index (χ2v) is 8.37. The number of carbonyl (C=O) groups excluding carboxylic acids is 1. The van der Waals surface area contributed by atoms with Gasteiger partial charge in [0, 0.05) is 46.7 Å². The third kappa shape index (κ3) is 3.15. The normalized spacial score (nSPS) is 25.4. The van der Waals surface area contributed by atoms with E-state index in [1.54, 1.807) is 7.05 Å². The Morgan fingerprint density at radius 3 is 2.35 bits per heavy atom. The number of nitrogens with zero attached hydrogens (tertiary/aromatic N) is 3. The molecule has 1 saturated heterocycles. The van der Waals surface area contributed by atoms with Crippen molar-refractivity contribution in [3.63, 3.8) is 0 Å². The predicted molar refractivity (Wildman–Crippen MR) is 77.3 cm³/mol. The number of amides is 1. The Morgan fingerprint density at radius 2 is 1.80 bits per heavy atom. The Kier molecular flexibility index (Phi) is 4.71. The van der Waals surface area contributed by atoms with Crippen LogP contribution < -0.4 is 0 Å². The van der Waals surface area contributed by atoms with E-state index in [0.29, 0.717) is 25.6 Å². The van der Waals surface area contributed by atoms with Gasteiger partial charge in [0.2, 0.25) is 5.91 Å². The average Bonchev–Trinajstić information content (AvgIpc) is 2.98. The van der Waals surface area contributed by atoms with E-state index in [0.717, 1.165) is 12.8 Å². The second kappa shape index (κ2) is 5.99. The molecule has 0 spiro atoms. The van der Waals surface area contributed by atoms with Crippen molar-refractivity contribution in [1.29, 1.82) is 0 Å². The van der Waals surface area contributed by atoms with E-state index in [1.165, 1.54) is 35.5 Å². The Morgan fingerprint density at radius 1 is 1.20 bits per heavy atom. The van der Waals surface area contributed by atoms with Crippen molar-refractivity contribution in [2.45, 2.75) is 38.1 Å². The molecule has 0 aromatic rings. The molecule has 6 nitrogen and oxygen atoms in total. The minimum atomic E-state index is -3.38. The maximum atomic E-state index is 12.1. The molecule has 1 heterocycles. The molecular formula is C13H25N3O3S. The second-order valence-electron chi connectivity index (χ2n) is 6.13. The molecule has 1 aliphatic heterocycles. The molecule has 1 atom stereocenters. The molecule has 7 heteroatoms. The van der Waals surface area contributed by atoms with Gasteiger partial charge in [0.25, 0.3) is 10.2 Å². The van der Waals surface area contributed by atoms with Crippen LogP contribution in [0.5, 0.6) is 0 Å². The number of hydrogen-bond donors (Lipinski definition) is 0. The quantitative estimate of drug-likeness (QED) is 0.744. The molecule has 1 saturated carbocycles. The van der Waals surface area contributed by atoms with Crippen LogP contribution in [0.15, 0.2) is 0 Å². The van der Waals surface area contributed by atoms with Crippen molar-refractivity contribution in [3.05, 3.63) is 0 Å². The zero-order valence-electron chi connectivity index (χ0n) is 12.6. The van der Waals surface area contributed by atoms with E-state index in [1.807, 2.05) is 4.90 Å². The highest BCUT2D eigenvalue weighted by atomic mass is 32.2. The fourth-order valence-corrected chi connectivity index (χ4v) is 4.19. The summed E-state index contributed by atoms with van der Waals surface area (Å²) in [4.78, 5) is 14.1. The molecule has 2 fully saturated rings. The molecule has 0 bridgehead atoms. The number of likely N-dealkylation sites (tertiary alicyclic amines) is 1. The van der Waals surface area contributed by atoms with Crippen LogP contribution in [0.3, 0.4) is 0 Å². The van der Waals surface area contributed by atoms with Gasteiger partial charge in [0.05, 0.1) is 0 Å². The Labute approximate surface area is 121 Å². The third-order valence-corrected chi connectivity index (χ3v) is 6.23. The lowest BCUT2D eigenvalue weighted by molar-refractivity contribution is -0.129. The first-order valence-electron chi connectivity index (χ1n) is 7.25. The van der Waals surface area contributed by atoms with Crippen LogP contribution in [0.2, 0.25) is 0 Å². The molecule has 0 radical (unpaired) electrons. The minimum absolute atomic E-state index is 0.114. The van der Waals surface area contributed by atoms with Crippen molar-refractivity contribution in [2.24, 2.45) is 5.92 Å². The van der Waals surface area contributed by atoms with Crippen LogP contribution in [0.1, 0.15) is 32.1 Å². The molecular weight excluding hydrogens is 278 g/mol. The zero-order valence-corrected chi connectivity index (χ0v) is 13.4. The van der Waals surface area contributed by atoms with Crippen molar-refractivity contribution >= 4 is 16.1 Å². The van der Waals surface area contributed by atoms with Crippen LogP contribution in [-0.4, -0.2) is 68.1 Å². The molecule has 0 unspecified atom stereocenters. The summed E-state index contributed by atoms with van der Waals surface area (Å²) in [5.74, 6) is 0.306. The van der Waals surface area contributed by atoms with Gasteiger partial charge in [-0.1, -0.05) is 12.8 Å². The molecule has 0 aromatic heterocycles. The van der Waals surface area contributed by atoms with Gasteiger partial charge >= 0.3 is 0 Å². The topological polar surface area (TPSA) is 60.9 Å². The monoisotopic (exact) mass is 303 g/mol. The van der Waals surface area contributed by atoms with Crippen molar-refractivity contribution in [1.82, 2.24) is 13.5 Å². The van der Waals surface area contributed by atoms with Gasteiger partial charge in [0.1, 0.15) is 0 Å². The summed E-state index contributed by atoms with van der Waals surface area (Å²) in [7, 11) is 1.25. The van der Waals surface area contributed by atoms with Crippen LogP contribution in [0, 0.1) is 5.92 Å². The van der Waals surface area contributed by atoms with Crippen LogP contribution >= 0.6 is 0 Å². The van der Waals surface area contributed by atoms with E-state index in [2.05, 4.69) is 0 Å². The van der Waals surface area contributed by atoms with Gasteiger partial charge in [-0.2, -0.15) is 17.0 Å². The van der Waals surface area contributed by atoms with Crippen LogP contribution in [-0.2, 0) is 15.0 Å². The van der Waals surface area contributed by atoms with Crippen molar-refractivity contribution < 1.29 is 13.2 Å². The highest BCUT2D eigenvalue weighted by Gasteiger charge is 2.37. The maximum absolute atomic E-state index is 12.1. The zero-order chi connectivity index (χ0) is 14.9. The maximum Gasteiger partial charge on any atom is 0.281 e. The SMILES string of the molecule is CN(C)S(=O)(=O)N(C)C[C@@H]1CC(=O)N(C2CCCC2)C1. The molecule has 116 valence electrons. The summed E-state index contributed by atoms with van der Waals surface area (Å²) in [6, 6.07) is 0.392. The summed E-state index contributed by atoms with van der Waals surface area (Å²) in [6.45, 7) is 1.12. The molecule has 0 N–H and O–H groups in total. The fourth-order valence-electron chi connectivity index (χ4n) is 3.24. The first-order valence-corrected chi connectivity index (χ1v) is 8.65. The first-order chi connectivity index (χ1) is 9.32. The summed E-state index contributed by atoms with van der Waals surface area (Å²) < 4.78 is 26.5. The third-order valence-electron chi connectivity index (χ3n) is 4.37. The standard InChI is InChI=1S/C13H25N3O3S/c1-14(2)20(18,19)15(3)9-11-8-13(17)16(10-11)12-6-4-5-7-12/h11-12H,4-10H2,1-3H3/t11-/m0/s1. The number of carbonyl (C=O) groups is 1.